The van der Waals surface area contributed by atoms with E-state index in [-0.39, 0.29) is 5.91 Å². The number of carbonyl (C=O) groups excluding carboxylic acids is 1. The summed E-state index contributed by atoms with van der Waals surface area (Å²) >= 11 is 6.04. The van der Waals surface area contributed by atoms with Crippen LogP contribution in [0.1, 0.15) is 24.8 Å². The highest BCUT2D eigenvalue weighted by Crippen LogP contribution is 2.30. The van der Waals surface area contributed by atoms with Gasteiger partial charge in [-0.1, -0.05) is 17.7 Å². The second-order valence-electron chi connectivity index (χ2n) is 4.85. The number of benzene rings is 1. The van der Waals surface area contributed by atoms with Crippen LogP contribution < -0.4 is 10.6 Å². The molecule has 0 saturated carbocycles. The maximum absolute atomic E-state index is 10.9. The van der Waals surface area contributed by atoms with Gasteiger partial charge in [-0.15, -0.1) is 0 Å². The summed E-state index contributed by atoms with van der Waals surface area (Å²) in [4.78, 5) is 13.1. The van der Waals surface area contributed by atoms with Gasteiger partial charge in [0.1, 0.15) is 6.07 Å². The Hall–Kier alpha value is -1.73. The van der Waals surface area contributed by atoms with Gasteiger partial charge in [-0.2, -0.15) is 5.26 Å². The Kier molecular flexibility index (Phi) is 4.28. The van der Waals surface area contributed by atoms with E-state index in [0.717, 1.165) is 31.6 Å². The molecule has 5 heteroatoms. The van der Waals surface area contributed by atoms with Crippen molar-refractivity contribution in [1.29, 1.82) is 5.26 Å². The molecule has 0 atom stereocenters. The minimum absolute atomic E-state index is 0.237. The zero-order valence-corrected chi connectivity index (χ0v) is 11.4. The second kappa shape index (κ2) is 5.94. The van der Waals surface area contributed by atoms with Crippen LogP contribution in [0.15, 0.2) is 18.2 Å². The molecule has 1 amide bonds. The normalized spacial score (nSPS) is 16.1. The molecule has 1 aromatic carbocycles. The lowest BCUT2D eigenvalue weighted by atomic mass is 9.92. The van der Waals surface area contributed by atoms with Crippen LogP contribution in [0, 0.1) is 17.2 Å². The van der Waals surface area contributed by atoms with E-state index in [1.165, 1.54) is 0 Å². The van der Waals surface area contributed by atoms with Crippen molar-refractivity contribution in [2.75, 3.05) is 18.0 Å². The monoisotopic (exact) mass is 277 g/mol. The molecule has 100 valence electrons. The number of hydrogen-bond donors (Lipinski definition) is 1. The maximum atomic E-state index is 10.9. The van der Waals surface area contributed by atoms with Crippen molar-refractivity contribution < 1.29 is 4.79 Å². The van der Waals surface area contributed by atoms with Gasteiger partial charge in [0, 0.05) is 19.5 Å². The van der Waals surface area contributed by atoms with Crippen molar-refractivity contribution in [2.24, 2.45) is 11.7 Å². The molecule has 4 nitrogen and oxygen atoms in total. The first-order chi connectivity index (χ1) is 9.11. The number of rotatable bonds is 3. The summed E-state index contributed by atoms with van der Waals surface area (Å²) in [5.74, 6) is 0.123. The molecule has 1 heterocycles. The van der Waals surface area contributed by atoms with Crippen molar-refractivity contribution in [3.05, 3.63) is 28.8 Å². The number of anilines is 1. The number of piperidine rings is 1. The van der Waals surface area contributed by atoms with Gasteiger partial charge in [0.2, 0.25) is 5.91 Å². The molecule has 0 aromatic heterocycles. The second-order valence-corrected chi connectivity index (χ2v) is 5.25. The minimum atomic E-state index is -0.237. The third kappa shape index (κ3) is 3.18. The molecule has 1 fully saturated rings. The number of nitrogens with two attached hydrogens (primary N) is 1. The first-order valence-corrected chi connectivity index (χ1v) is 6.71. The van der Waals surface area contributed by atoms with E-state index in [1.807, 2.05) is 12.1 Å². The van der Waals surface area contributed by atoms with Gasteiger partial charge in [-0.05, 0) is 30.9 Å². The molecule has 2 rings (SSSR count). The Morgan fingerprint density at radius 2 is 2.16 bits per heavy atom. The zero-order valence-electron chi connectivity index (χ0n) is 10.6. The third-order valence-corrected chi connectivity index (χ3v) is 3.86. The molecule has 0 radical (unpaired) electrons. The van der Waals surface area contributed by atoms with Gasteiger partial charge in [0.15, 0.2) is 0 Å². The molecule has 1 saturated heterocycles. The summed E-state index contributed by atoms with van der Waals surface area (Å²) in [6.07, 6.45) is 2.29. The Balaban J connectivity index is 2.08. The lowest BCUT2D eigenvalue weighted by Crippen LogP contribution is -2.35. The molecular formula is C14H16ClN3O. The quantitative estimate of drug-likeness (QED) is 0.922. The van der Waals surface area contributed by atoms with E-state index in [4.69, 9.17) is 17.3 Å². The van der Waals surface area contributed by atoms with Crippen LogP contribution >= 0.6 is 11.6 Å². The molecule has 0 aliphatic carbocycles. The van der Waals surface area contributed by atoms with E-state index in [1.54, 1.807) is 6.07 Å². The molecule has 0 spiro atoms. The van der Waals surface area contributed by atoms with Crippen LogP contribution in [0.5, 0.6) is 0 Å². The van der Waals surface area contributed by atoms with Gasteiger partial charge < -0.3 is 10.6 Å². The fraction of sp³-hybridized carbons (Fsp3) is 0.429. The Morgan fingerprint density at radius 1 is 1.47 bits per heavy atom. The summed E-state index contributed by atoms with van der Waals surface area (Å²) in [6, 6.07) is 7.65. The highest BCUT2D eigenvalue weighted by Gasteiger charge is 2.22. The molecule has 0 unspecified atom stereocenters. The minimum Gasteiger partial charge on any atom is -0.370 e. The average Bonchev–Trinajstić information content (AvgIpc) is 2.38. The summed E-state index contributed by atoms with van der Waals surface area (Å²) in [7, 11) is 0. The average molecular weight is 278 g/mol. The SMILES string of the molecule is N#Cc1c(Cl)cccc1N1CCC(CC(N)=O)CC1. The van der Waals surface area contributed by atoms with E-state index >= 15 is 0 Å². The van der Waals surface area contributed by atoms with E-state index in [0.29, 0.717) is 22.9 Å². The largest absolute Gasteiger partial charge is 0.370 e. The standard InChI is InChI=1S/C14H16ClN3O/c15-12-2-1-3-13(11(12)9-16)18-6-4-10(5-7-18)8-14(17)19/h1-3,10H,4-8H2,(H2,17,19). The molecule has 19 heavy (non-hydrogen) atoms. The van der Waals surface area contributed by atoms with Crippen molar-refractivity contribution in [1.82, 2.24) is 0 Å². The fourth-order valence-corrected chi connectivity index (χ4v) is 2.76. The summed E-state index contributed by atoms with van der Waals surface area (Å²) in [5.41, 5.74) is 6.63. The molecule has 1 aliphatic heterocycles. The number of nitriles is 1. The summed E-state index contributed by atoms with van der Waals surface area (Å²) < 4.78 is 0. The van der Waals surface area contributed by atoms with Gasteiger partial charge in [-0.3, -0.25) is 4.79 Å². The van der Waals surface area contributed by atoms with Crippen LogP contribution in [0.25, 0.3) is 0 Å². The van der Waals surface area contributed by atoms with E-state index in [9.17, 15) is 10.1 Å². The highest BCUT2D eigenvalue weighted by molar-refractivity contribution is 6.32. The van der Waals surface area contributed by atoms with Crippen LogP contribution in [0.2, 0.25) is 5.02 Å². The lowest BCUT2D eigenvalue weighted by molar-refractivity contribution is -0.119. The molecule has 0 bridgehead atoms. The topological polar surface area (TPSA) is 70.1 Å². The van der Waals surface area contributed by atoms with Gasteiger partial charge in [0.25, 0.3) is 0 Å². The number of halogens is 1. The smallest absolute Gasteiger partial charge is 0.217 e. The van der Waals surface area contributed by atoms with E-state index in [2.05, 4.69) is 11.0 Å². The van der Waals surface area contributed by atoms with Crippen LogP contribution in [0.3, 0.4) is 0 Å². The number of hydrogen-bond acceptors (Lipinski definition) is 3. The lowest BCUT2D eigenvalue weighted by Gasteiger charge is -2.33. The predicted octanol–water partition coefficient (Wildman–Crippen LogP) is 2.30. The van der Waals surface area contributed by atoms with Crippen LogP contribution in [0.4, 0.5) is 5.69 Å². The summed E-state index contributed by atoms with van der Waals surface area (Å²) in [5, 5.41) is 9.66. The number of carbonyl (C=O) groups is 1. The van der Waals surface area contributed by atoms with Gasteiger partial charge in [-0.25, -0.2) is 0 Å². The first kappa shape index (κ1) is 13.7. The van der Waals surface area contributed by atoms with Crippen LogP contribution in [-0.4, -0.2) is 19.0 Å². The fourth-order valence-electron chi connectivity index (χ4n) is 2.55. The van der Waals surface area contributed by atoms with Crippen LogP contribution in [-0.2, 0) is 4.79 Å². The summed E-state index contributed by atoms with van der Waals surface area (Å²) in [6.45, 7) is 1.65. The van der Waals surface area contributed by atoms with Crippen molar-refractivity contribution >= 4 is 23.2 Å². The third-order valence-electron chi connectivity index (χ3n) is 3.55. The zero-order chi connectivity index (χ0) is 13.8. The van der Waals surface area contributed by atoms with Crippen molar-refractivity contribution in [3.63, 3.8) is 0 Å². The number of amides is 1. The van der Waals surface area contributed by atoms with Crippen molar-refractivity contribution in [3.8, 4) is 6.07 Å². The Morgan fingerprint density at radius 3 is 2.74 bits per heavy atom. The molecular weight excluding hydrogens is 262 g/mol. The molecule has 2 N–H and O–H groups in total. The maximum Gasteiger partial charge on any atom is 0.217 e. The predicted molar refractivity (Wildman–Crippen MR) is 74.9 cm³/mol. The number of primary amides is 1. The molecule has 1 aliphatic rings. The molecule has 1 aromatic rings. The van der Waals surface area contributed by atoms with Crippen molar-refractivity contribution in [2.45, 2.75) is 19.3 Å². The number of nitrogens with zero attached hydrogens (tertiary/aromatic N) is 2. The van der Waals surface area contributed by atoms with Gasteiger partial charge >= 0.3 is 0 Å². The Bertz CT molecular complexity index is 516. The van der Waals surface area contributed by atoms with Gasteiger partial charge in [0.05, 0.1) is 16.3 Å². The first-order valence-electron chi connectivity index (χ1n) is 6.33. The highest BCUT2D eigenvalue weighted by atomic mass is 35.5. The van der Waals surface area contributed by atoms with E-state index < -0.39 is 0 Å². The Labute approximate surface area is 117 Å².